The van der Waals surface area contributed by atoms with Gasteiger partial charge in [0.1, 0.15) is 0 Å². The summed E-state index contributed by atoms with van der Waals surface area (Å²) >= 11 is 0. The molecule has 4 unspecified atom stereocenters. The molecule has 4 atom stereocenters. The van der Waals surface area contributed by atoms with Crippen molar-refractivity contribution in [2.45, 2.75) is 24.4 Å². The van der Waals surface area contributed by atoms with Gasteiger partial charge in [-0.25, -0.2) is 0 Å². The van der Waals surface area contributed by atoms with E-state index in [2.05, 4.69) is 41.0 Å². The molecule has 2 fully saturated rings. The van der Waals surface area contributed by atoms with Crippen molar-refractivity contribution >= 4 is 0 Å². The molecule has 1 aliphatic heterocycles. The second-order valence-electron chi connectivity index (χ2n) is 5.46. The summed E-state index contributed by atoms with van der Waals surface area (Å²) in [5, 5.41) is 7.03. The normalized spacial score (nSPS) is 34.7. The predicted molar refractivity (Wildman–Crippen MR) is 72.7 cm³/mol. The zero-order valence-electron chi connectivity index (χ0n) is 10.9. The fourth-order valence-electron chi connectivity index (χ4n) is 2.91. The molecule has 3 heteroatoms. The number of ether oxygens (including phenoxy) is 1. The molecule has 3 rings (SSSR count). The number of rotatable bonds is 5. The quantitative estimate of drug-likeness (QED) is 0.823. The van der Waals surface area contributed by atoms with Gasteiger partial charge in [0.05, 0.1) is 13.2 Å². The van der Waals surface area contributed by atoms with Crippen LogP contribution in [0.2, 0.25) is 0 Å². The number of likely N-dealkylation sites (N-methyl/N-ethyl adjacent to an activating group) is 1. The molecule has 2 N–H and O–H groups in total. The largest absolute Gasteiger partial charge is 0.379 e. The highest BCUT2D eigenvalue weighted by atomic mass is 16.5. The molecule has 1 aliphatic carbocycles. The average Bonchev–Trinajstić information content (AvgIpc) is 3.06. The van der Waals surface area contributed by atoms with Crippen molar-refractivity contribution in [3.05, 3.63) is 35.9 Å². The molecular formula is C15H22N2O. The van der Waals surface area contributed by atoms with Crippen LogP contribution in [0.3, 0.4) is 0 Å². The lowest BCUT2D eigenvalue weighted by Gasteiger charge is -2.17. The highest BCUT2D eigenvalue weighted by Gasteiger charge is 2.38. The van der Waals surface area contributed by atoms with Gasteiger partial charge in [0.25, 0.3) is 0 Å². The van der Waals surface area contributed by atoms with Crippen molar-refractivity contribution in [3.63, 3.8) is 0 Å². The molecule has 1 saturated heterocycles. The van der Waals surface area contributed by atoms with E-state index < -0.39 is 0 Å². The molecule has 0 amide bonds. The van der Waals surface area contributed by atoms with E-state index in [-0.39, 0.29) is 0 Å². The predicted octanol–water partition coefficient (Wildman–Crippen LogP) is 1.37. The van der Waals surface area contributed by atoms with Crippen LogP contribution >= 0.6 is 0 Å². The van der Waals surface area contributed by atoms with Crippen molar-refractivity contribution in [3.8, 4) is 0 Å². The van der Waals surface area contributed by atoms with Crippen molar-refractivity contribution in [2.24, 2.45) is 5.92 Å². The second kappa shape index (κ2) is 5.39. The van der Waals surface area contributed by atoms with E-state index in [0.717, 1.165) is 25.7 Å². The molecule has 0 spiro atoms. The second-order valence-corrected chi connectivity index (χ2v) is 5.46. The maximum Gasteiger partial charge on any atom is 0.0623 e. The van der Waals surface area contributed by atoms with Gasteiger partial charge in [-0.3, -0.25) is 0 Å². The van der Waals surface area contributed by atoms with Gasteiger partial charge >= 0.3 is 0 Å². The first-order valence-electron chi connectivity index (χ1n) is 6.92. The van der Waals surface area contributed by atoms with Gasteiger partial charge < -0.3 is 15.4 Å². The summed E-state index contributed by atoms with van der Waals surface area (Å²) in [5.74, 6) is 1.34. The van der Waals surface area contributed by atoms with E-state index in [0.29, 0.717) is 18.0 Å². The summed E-state index contributed by atoms with van der Waals surface area (Å²) in [7, 11) is 2.02. The highest BCUT2D eigenvalue weighted by molar-refractivity contribution is 5.27. The van der Waals surface area contributed by atoms with Crippen molar-refractivity contribution < 1.29 is 4.74 Å². The summed E-state index contributed by atoms with van der Waals surface area (Å²) in [6, 6.07) is 12.0. The van der Waals surface area contributed by atoms with Crippen molar-refractivity contribution in [2.75, 3.05) is 26.8 Å². The first-order valence-corrected chi connectivity index (χ1v) is 6.92. The van der Waals surface area contributed by atoms with E-state index in [1.165, 1.54) is 12.0 Å². The summed E-state index contributed by atoms with van der Waals surface area (Å²) in [4.78, 5) is 0. The Bertz CT molecular complexity index is 381. The maximum absolute atomic E-state index is 5.52. The molecule has 2 aliphatic rings. The molecule has 1 aromatic carbocycles. The van der Waals surface area contributed by atoms with Gasteiger partial charge in [-0.15, -0.1) is 0 Å². The number of nitrogens with one attached hydrogen (secondary N) is 2. The van der Waals surface area contributed by atoms with Gasteiger partial charge in [-0.05, 0) is 19.0 Å². The van der Waals surface area contributed by atoms with E-state index in [9.17, 15) is 0 Å². The lowest BCUT2D eigenvalue weighted by Crippen LogP contribution is -2.39. The maximum atomic E-state index is 5.52. The third kappa shape index (κ3) is 2.58. The SMILES string of the molecule is CNC1COCC1CNC1CC1c1ccccc1. The monoisotopic (exact) mass is 246 g/mol. The van der Waals surface area contributed by atoms with Gasteiger partial charge in [-0.1, -0.05) is 30.3 Å². The van der Waals surface area contributed by atoms with Gasteiger partial charge in [0.15, 0.2) is 0 Å². The van der Waals surface area contributed by atoms with Crippen LogP contribution in [0.25, 0.3) is 0 Å². The van der Waals surface area contributed by atoms with E-state index >= 15 is 0 Å². The molecule has 98 valence electrons. The zero-order valence-corrected chi connectivity index (χ0v) is 10.9. The van der Waals surface area contributed by atoms with Crippen molar-refractivity contribution in [1.82, 2.24) is 10.6 Å². The van der Waals surface area contributed by atoms with Crippen LogP contribution in [0.1, 0.15) is 17.9 Å². The van der Waals surface area contributed by atoms with E-state index in [1.54, 1.807) is 0 Å². The third-order valence-electron chi connectivity index (χ3n) is 4.23. The Morgan fingerprint density at radius 2 is 2.00 bits per heavy atom. The minimum absolute atomic E-state index is 0.520. The van der Waals surface area contributed by atoms with Crippen LogP contribution in [-0.4, -0.2) is 38.9 Å². The standard InChI is InChI=1S/C15H22N2O/c1-16-15-10-18-9-12(15)8-17-14-7-13(14)11-5-3-2-4-6-11/h2-6,12-17H,7-10H2,1H3. The Morgan fingerprint density at radius 1 is 1.17 bits per heavy atom. The van der Waals surface area contributed by atoms with Crippen LogP contribution in [0.5, 0.6) is 0 Å². The molecule has 0 aromatic heterocycles. The lowest BCUT2D eigenvalue weighted by molar-refractivity contribution is 0.182. The zero-order chi connectivity index (χ0) is 12.4. The number of hydrogen-bond donors (Lipinski definition) is 2. The summed E-state index contributed by atoms with van der Waals surface area (Å²) in [5.41, 5.74) is 1.47. The topological polar surface area (TPSA) is 33.3 Å². The average molecular weight is 246 g/mol. The minimum Gasteiger partial charge on any atom is -0.379 e. The molecule has 0 bridgehead atoms. The molecule has 1 aromatic rings. The molecule has 0 radical (unpaired) electrons. The Kier molecular flexibility index (Phi) is 3.64. The van der Waals surface area contributed by atoms with Gasteiger partial charge in [0.2, 0.25) is 0 Å². The first-order chi connectivity index (χ1) is 8.88. The van der Waals surface area contributed by atoms with E-state index in [4.69, 9.17) is 4.74 Å². The van der Waals surface area contributed by atoms with Crippen LogP contribution in [0.15, 0.2) is 30.3 Å². The van der Waals surface area contributed by atoms with Crippen LogP contribution < -0.4 is 10.6 Å². The molecular weight excluding hydrogens is 224 g/mol. The number of benzene rings is 1. The molecule has 1 heterocycles. The fourth-order valence-corrected chi connectivity index (χ4v) is 2.91. The Hall–Kier alpha value is -0.900. The Morgan fingerprint density at radius 3 is 2.78 bits per heavy atom. The Balaban J connectivity index is 1.46. The summed E-state index contributed by atoms with van der Waals surface area (Å²) in [6.07, 6.45) is 1.28. The highest BCUT2D eigenvalue weighted by Crippen LogP contribution is 2.40. The number of hydrogen-bond acceptors (Lipinski definition) is 3. The van der Waals surface area contributed by atoms with E-state index in [1.807, 2.05) is 7.05 Å². The van der Waals surface area contributed by atoms with Crippen molar-refractivity contribution in [1.29, 1.82) is 0 Å². The van der Waals surface area contributed by atoms with Gasteiger partial charge in [-0.2, -0.15) is 0 Å². The first kappa shape index (κ1) is 12.2. The molecule has 18 heavy (non-hydrogen) atoms. The smallest absolute Gasteiger partial charge is 0.0623 e. The lowest BCUT2D eigenvalue weighted by atomic mass is 10.0. The molecule has 1 saturated carbocycles. The van der Waals surface area contributed by atoms with Crippen LogP contribution in [0.4, 0.5) is 0 Å². The Labute approximate surface area is 109 Å². The van der Waals surface area contributed by atoms with Gasteiger partial charge in [0, 0.05) is 30.5 Å². The van der Waals surface area contributed by atoms with Crippen LogP contribution in [0, 0.1) is 5.92 Å². The summed E-state index contributed by atoms with van der Waals surface area (Å²) in [6.45, 7) is 2.82. The third-order valence-corrected chi connectivity index (χ3v) is 4.23. The molecule has 3 nitrogen and oxygen atoms in total. The fraction of sp³-hybridized carbons (Fsp3) is 0.600. The summed E-state index contributed by atoms with van der Waals surface area (Å²) < 4.78 is 5.52. The van der Waals surface area contributed by atoms with Crippen LogP contribution in [-0.2, 0) is 4.74 Å². The minimum atomic E-state index is 0.520.